The molecule has 0 amide bonds. The van der Waals surface area contributed by atoms with Gasteiger partial charge in [-0.1, -0.05) is 0 Å². The molecule has 0 saturated heterocycles. The number of ether oxygens (including phenoxy) is 1. The zero-order valence-corrected chi connectivity index (χ0v) is 7.13. The average Bonchev–Trinajstić information content (AvgIpc) is 2.16. The van der Waals surface area contributed by atoms with Crippen molar-refractivity contribution in [1.29, 1.82) is 0 Å². The Bertz CT molecular complexity index is 291. The topological polar surface area (TPSA) is 48.1 Å². The van der Waals surface area contributed by atoms with E-state index >= 15 is 0 Å². The summed E-state index contributed by atoms with van der Waals surface area (Å²) in [6.07, 6.45) is -1.46. The van der Waals surface area contributed by atoms with Gasteiger partial charge < -0.3 is 10.5 Å². The first-order valence-corrected chi connectivity index (χ1v) is 3.70. The van der Waals surface area contributed by atoms with Crippen molar-refractivity contribution in [1.82, 2.24) is 4.98 Å². The van der Waals surface area contributed by atoms with E-state index in [1.54, 1.807) is 0 Å². The number of aromatic nitrogens is 1. The first-order chi connectivity index (χ1) is 6.19. The summed E-state index contributed by atoms with van der Waals surface area (Å²) in [5.74, 6) is 0.296. The third-order valence-corrected chi connectivity index (χ3v) is 1.66. The van der Waals surface area contributed by atoms with Crippen LogP contribution in [0.5, 0.6) is 5.88 Å². The highest BCUT2D eigenvalue weighted by atomic mass is 19.3. The second-order valence-corrected chi connectivity index (χ2v) is 2.43. The number of pyridine rings is 1. The predicted molar refractivity (Wildman–Crippen MR) is 43.6 cm³/mol. The van der Waals surface area contributed by atoms with Crippen LogP contribution in [0.15, 0.2) is 12.3 Å². The maximum absolute atomic E-state index is 12.3. The van der Waals surface area contributed by atoms with Gasteiger partial charge in [0, 0.05) is 24.4 Å². The second kappa shape index (κ2) is 4.13. The second-order valence-electron chi connectivity index (χ2n) is 2.43. The quantitative estimate of drug-likeness (QED) is 0.781. The molecule has 0 aliphatic carbocycles. The van der Waals surface area contributed by atoms with Gasteiger partial charge in [0.05, 0.1) is 7.11 Å². The lowest BCUT2D eigenvalue weighted by Gasteiger charge is -2.07. The molecule has 0 bridgehead atoms. The molecule has 1 aromatic rings. The molecule has 5 heteroatoms. The van der Waals surface area contributed by atoms with Gasteiger partial charge in [0.1, 0.15) is 0 Å². The van der Waals surface area contributed by atoms with E-state index in [1.165, 1.54) is 13.2 Å². The molecular weight excluding hydrogens is 178 g/mol. The summed E-state index contributed by atoms with van der Waals surface area (Å²) in [5, 5.41) is 0. The maximum Gasteiger partial charge on any atom is 0.265 e. The molecule has 3 nitrogen and oxygen atoms in total. The minimum atomic E-state index is -2.54. The fourth-order valence-corrected chi connectivity index (χ4v) is 0.971. The Kier molecular flexibility index (Phi) is 3.13. The number of methoxy groups -OCH3 is 1. The number of halogens is 2. The zero-order valence-electron chi connectivity index (χ0n) is 7.13. The van der Waals surface area contributed by atoms with E-state index in [-0.39, 0.29) is 12.1 Å². The molecule has 0 aliphatic rings. The van der Waals surface area contributed by atoms with Gasteiger partial charge in [0.15, 0.2) is 0 Å². The maximum atomic E-state index is 12.3. The van der Waals surface area contributed by atoms with Gasteiger partial charge in [-0.2, -0.15) is 0 Å². The van der Waals surface area contributed by atoms with Crippen molar-refractivity contribution >= 4 is 0 Å². The third-order valence-electron chi connectivity index (χ3n) is 1.66. The summed E-state index contributed by atoms with van der Waals surface area (Å²) < 4.78 is 29.4. The van der Waals surface area contributed by atoms with Crippen LogP contribution in [-0.2, 0) is 6.54 Å². The highest BCUT2D eigenvalue weighted by molar-refractivity contribution is 5.30. The lowest BCUT2D eigenvalue weighted by molar-refractivity contribution is 0.149. The van der Waals surface area contributed by atoms with Crippen LogP contribution in [0.3, 0.4) is 0 Å². The van der Waals surface area contributed by atoms with Crippen LogP contribution in [-0.4, -0.2) is 12.1 Å². The highest BCUT2D eigenvalue weighted by Crippen LogP contribution is 2.24. The minimum absolute atomic E-state index is 0.0541. The van der Waals surface area contributed by atoms with E-state index in [4.69, 9.17) is 10.5 Å². The molecule has 1 heterocycles. The van der Waals surface area contributed by atoms with Crippen LogP contribution < -0.4 is 10.5 Å². The summed E-state index contributed by atoms with van der Waals surface area (Å²) >= 11 is 0. The minimum Gasteiger partial charge on any atom is -0.481 e. The van der Waals surface area contributed by atoms with Crippen molar-refractivity contribution in [2.45, 2.75) is 13.0 Å². The third kappa shape index (κ3) is 2.12. The summed E-state index contributed by atoms with van der Waals surface area (Å²) in [6, 6.07) is 1.42. The molecule has 0 aromatic carbocycles. The largest absolute Gasteiger partial charge is 0.481 e. The van der Waals surface area contributed by atoms with Crippen molar-refractivity contribution in [3.05, 3.63) is 23.4 Å². The molecule has 0 aliphatic heterocycles. The van der Waals surface area contributed by atoms with Gasteiger partial charge in [-0.05, 0) is 5.56 Å². The Morgan fingerprint density at radius 1 is 1.62 bits per heavy atom. The van der Waals surface area contributed by atoms with Gasteiger partial charge >= 0.3 is 0 Å². The molecular formula is C8H10F2N2O. The van der Waals surface area contributed by atoms with Crippen molar-refractivity contribution in [3.8, 4) is 5.88 Å². The molecule has 0 unspecified atom stereocenters. The molecule has 0 fully saturated rings. The Morgan fingerprint density at radius 2 is 2.31 bits per heavy atom. The molecule has 0 atom stereocenters. The van der Waals surface area contributed by atoms with Crippen molar-refractivity contribution in [3.63, 3.8) is 0 Å². The van der Waals surface area contributed by atoms with Gasteiger partial charge in [-0.3, -0.25) is 0 Å². The predicted octanol–water partition coefficient (Wildman–Crippen LogP) is 1.49. The molecule has 0 saturated carbocycles. The lowest BCUT2D eigenvalue weighted by Crippen LogP contribution is -2.03. The Hall–Kier alpha value is -1.23. The smallest absolute Gasteiger partial charge is 0.265 e. The van der Waals surface area contributed by atoms with E-state index in [9.17, 15) is 8.78 Å². The Labute approximate surface area is 74.5 Å². The fourth-order valence-electron chi connectivity index (χ4n) is 0.971. The lowest BCUT2D eigenvalue weighted by atomic mass is 10.1. The van der Waals surface area contributed by atoms with E-state index in [0.29, 0.717) is 11.4 Å². The fraction of sp³-hybridized carbons (Fsp3) is 0.375. The van der Waals surface area contributed by atoms with Crippen LogP contribution >= 0.6 is 0 Å². The molecule has 0 radical (unpaired) electrons. The monoisotopic (exact) mass is 188 g/mol. The summed E-state index contributed by atoms with van der Waals surface area (Å²) in [7, 11) is 1.42. The molecule has 1 aromatic heterocycles. The Morgan fingerprint density at radius 3 is 2.77 bits per heavy atom. The summed E-state index contributed by atoms with van der Waals surface area (Å²) in [4.78, 5) is 3.67. The zero-order chi connectivity index (χ0) is 9.84. The van der Waals surface area contributed by atoms with Crippen molar-refractivity contribution in [2.24, 2.45) is 5.73 Å². The van der Waals surface area contributed by atoms with Gasteiger partial charge in [-0.15, -0.1) is 0 Å². The van der Waals surface area contributed by atoms with Crippen LogP contribution in [0.4, 0.5) is 8.78 Å². The van der Waals surface area contributed by atoms with Crippen LogP contribution in [0, 0.1) is 0 Å². The first-order valence-electron chi connectivity index (χ1n) is 3.70. The van der Waals surface area contributed by atoms with Crippen molar-refractivity contribution in [2.75, 3.05) is 7.11 Å². The highest BCUT2D eigenvalue weighted by Gasteiger charge is 2.13. The normalized spacial score (nSPS) is 10.5. The van der Waals surface area contributed by atoms with Gasteiger partial charge in [-0.25, -0.2) is 13.8 Å². The van der Waals surface area contributed by atoms with E-state index in [0.717, 1.165) is 6.20 Å². The average molecular weight is 188 g/mol. The molecule has 2 N–H and O–H groups in total. The first kappa shape index (κ1) is 9.85. The van der Waals surface area contributed by atoms with Crippen LogP contribution in [0.1, 0.15) is 17.6 Å². The molecule has 13 heavy (non-hydrogen) atoms. The van der Waals surface area contributed by atoms with Gasteiger partial charge in [0.25, 0.3) is 6.43 Å². The van der Waals surface area contributed by atoms with E-state index < -0.39 is 6.43 Å². The number of hydrogen-bond acceptors (Lipinski definition) is 3. The number of nitrogens with two attached hydrogens (primary N) is 1. The standard InChI is InChI=1S/C8H10F2N2O/c1-13-7-2-5(3-11)6(4-12-7)8(9)10/h2,4,8H,3,11H2,1H3. The molecule has 1 rings (SSSR count). The van der Waals surface area contributed by atoms with E-state index in [1.807, 2.05) is 0 Å². The van der Waals surface area contributed by atoms with Crippen LogP contribution in [0.2, 0.25) is 0 Å². The van der Waals surface area contributed by atoms with E-state index in [2.05, 4.69) is 4.98 Å². The number of rotatable bonds is 3. The summed E-state index contributed by atoms with van der Waals surface area (Å²) in [6.45, 7) is 0.0541. The number of alkyl halides is 2. The van der Waals surface area contributed by atoms with Crippen molar-refractivity contribution < 1.29 is 13.5 Å². The van der Waals surface area contributed by atoms with Crippen LogP contribution in [0.25, 0.3) is 0 Å². The number of hydrogen-bond donors (Lipinski definition) is 1. The SMILES string of the molecule is COc1cc(CN)c(C(F)F)cn1. The molecule has 0 spiro atoms. The number of nitrogens with zero attached hydrogens (tertiary/aromatic N) is 1. The molecule has 72 valence electrons. The Balaban J connectivity index is 3.08. The van der Waals surface area contributed by atoms with Gasteiger partial charge in [0.2, 0.25) is 5.88 Å². The summed E-state index contributed by atoms with van der Waals surface area (Å²) in [5.41, 5.74) is 5.52.